The van der Waals surface area contributed by atoms with Gasteiger partial charge in [0.2, 0.25) is 0 Å². The molecule has 0 aromatic carbocycles. The van der Waals surface area contributed by atoms with Gasteiger partial charge in [-0.15, -0.1) is 0 Å². The average molecular weight is 229 g/mol. The van der Waals surface area contributed by atoms with Crippen molar-refractivity contribution in [1.82, 2.24) is 10.3 Å². The topological polar surface area (TPSA) is 28.2 Å². The SMILES string of the molecule is C1=CCN(c2ccc(CNC3CC3)cn2)CC1. The Balaban J connectivity index is 1.60. The zero-order valence-electron chi connectivity index (χ0n) is 10.1. The van der Waals surface area contributed by atoms with Crippen molar-refractivity contribution < 1.29 is 0 Å². The van der Waals surface area contributed by atoms with Gasteiger partial charge in [0, 0.05) is 31.9 Å². The predicted octanol–water partition coefficient (Wildman–Crippen LogP) is 2.10. The second-order valence-corrected chi connectivity index (χ2v) is 4.89. The van der Waals surface area contributed by atoms with Gasteiger partial charge in [0.1, 0.15) is 5.82 Å². The summed E-state index contributed by atoms with van der Waals surface area (Å²) in [5.41, 5.74) is 1.29. The molecule has 0 spiro atoms. The van der Waals surface area contributed by atoms with Crippen LogP contribution in [-0.2, 0) is 6.54 Å². The summed E-state index contributed by atoms with van der Waals surface area (Å²) in [4.78, 5) is 6.87. The summed E-state index contributed by atoms with van der Waals surface area (Å²) in [5, 5.41) is 3.51. The zero-order chi connectivity index (χ0) is 11.5. The van der Waals surface area contributed by atoms with E-state index in [-0.39, 0.29) is 0 Å². The van der Waals surface area contributed by atoms with E-state index in [1.165, 1.54) is 18.4 Å². The van der Waals surface area contributed by atoms with Gasteiger partial charge in [0.15, 0.2) is 0 Å². The maximum Gasteiger partial charge on any atom is 0.128 e. The number of nitrogens with one attached hydrogen (secondary N) is 1. The number of hydrogen-bond donors (Lipinski definition) is 1. The second kappa shape index (κ2) is 4.88. The third-order valence-electron chi connectivity index (χ3n) is 3.36. The van der Waals surface area contributed by atoms with Gasteiger partial charge >= 0.3 is 0 Å². The number of anilines is 1. The van der Waals surface area contributed by atoms with Crippen LogP contribution in [0.4, 0.5) is 5.82 Å². The molecular weight excluding hydrogens is 210 g/mol. The lowest BCUT2D eigenvalue weighted by atomic mass is 10.2. The van der Waals surface area contributed by atoms with Crippen molar-refractivity contribution >= 4 is 5.82 Å². The average Bonchev–Trinajstić information content (AvgIpc) is 3.22. The van der Waals surface area contributed by atoms with Gasteiger partial charge < -0.3 is 10.2 Å². The van der Waals surface area contributed by atoms with E-state index in [2.05, 4.69) is 39.5 Å². The quantitative estimate of drug-likeness (QED) is 0.801. The summed E-state index contributed by atoms with van der Waals surface area (Å²) in [6.45, 7) is 3.04. The minimum absolute atomic E-state index is 0.766. The maximum atomic E-state index is 4.55. The smallest absolute Gasteiger partial charge is 0.128 e. The molecule has 1 N–H and O–H groups in total. The Morgan fingerprint density at radius 1 is 1.29 bits per heavy atom. The van der Waals surface area contributed by atoms with Crippen molar-refractivity contribution in [1.29, 1.82) is 0 Å². The molecule has 0 atom stereocenters. The highest BCUT2D eigenvalue weighted by Crippen LogP contribution is 2.19. The molecular formula is C14H19N3. The van der Waals surface area contributed by atoms with Crippen molar-refractivity contribution in [3.63, 3.8) is 0 Å². The van der Waals surface area contributed by atoms with E-state index in [1.54, 1.807) is 0 Å². The fraction of sp³-hybridized carbons (Fsp3) is 0.500. The molecule has 2 aliphatic rings. The van der Waals surface area contributed by atoms with Crippen LogP contribution in [0.15, 0.2) is 30.5 Å². The van der Waals surface area contributed by atoms with Crippen LogP contribution in [0.2, 0.25) is 0 Å². The zero-order valence-corrected chi connectivity index (χ0v) is 10.1. The van der Waals surface area contributed by atoms with Crippen LogP contribution in [0.5, 0.6) is 0 Å². The van der Waals surface area contributed by atoms with E-state index in [4.69, 9.17) is 0 Å². The Kier molecular flexibility index (Phi) is 3.10. The normalized spacial score (nSPS) is 19.6. The molecule has 0 bridgehead atoms. The lowest BCUT2D eigenvalue weighted by Crippen LogP contribution is -2.27. The molecule has 1 aliphatic heterocycles. The first-order valence-corrected chi connectivity index (χ1v) is 6.50. The first kappa shape index (κ1) is 10.8. The molecule has 0 radical (unpaired) electrons. The molecule has 3 heteroatoms. The van der Waals surface area contributed by atoms with Gasteiger partial charge in [0.25, 0.3) is 0 Å². The van der Waals surface area contributed by atoms with Crippen LogP contribution in [-0.4, -0.2) is 24.1 Å². The lowest BCUT2D eigenvalue weighted by Gasteiger charge is -2.24. The van der Waals surface area contributed by atoms with E-state index < -0.39 is 0 Å². The van der Waals surface area contributed by atoms with Gasteiger partial charge in [-0.05, 0) is 30.9 Å². The molecule has 17 heavy (non-hydrogen) atoms. The van der Waals surface area contributed by atoms with Crippen molar-refractivity contribution in [3.05, 3.63) is 36.0 Å². The summed E-state index contributed by atoms with van der Waals surface area (Å²) in [7, 11) is 0. The van der Waals surface area contributed by atoms with Crippen LogP contribution < -0.4 is 10.2 Å². The Labute approximate surface area is 103 Å². The molecule has 2 heterocycles. The van der Waals surface area contributed by atoms with Crippen LogP contribution in [0.25, 0.3) is 0 Å². The molecule has 1 saturated carbocycles. The largest absolute Gasteiger partial charge is 0.353 e. The molecule has 1 aliphatic carbocycles. The Hall–Kier alpha value is -1.35. The van der Waals surface area contributed by atoms with Crippen LogP contribution in [0.1, 0.15) is 24.8 Å². The monoisotopic (exact) mass is 229 g/mol. The number of pyridine rings is 1. The fourth-order valence-corrected chi connectivity index (χ4v) is 2.11. The fourth-order valence-electron chi connectivity index (χ4n) is 2.11. The van der Waals surface area contributed by atoms with Gasteiger partial charge in [0.05, 0.1) is 0 Å². The number of rotatable bonds is 4. The standard InChI is InChI=1S/C14H19N3/c1-2-8-17(9-3-1)14-7-4-12(11-16-14)10-15-13-5-6-13/h1-2,4,7,11,13,15H,3,5-6,8-10H2. The van der Waals surface area contributed by atoms with Crippen molar-refractivity contribution in [2.24, 2.45) is 0 Å². The lowest BCUT2D eigenvalue weighted by molar-refractivity contribution is 0.685. The Morgan fingerprint density at radius 2 is 2.24 bits per heavy atom. The van der Waals surface area contributed by atoms with Crippen molar-refractivity contribution in [2.45, 2.75) is 31.8 Å². The van der Waals surface area contributed by atoms with Crippen LogP contribution >= 0.6 is 0 Å². The minimum atomic E-state index is 0.766. The number of nitrogens with zero attached hydrogens (tertiary/aromatic N) is 2. The van der Waals surface area contributed by atoms with Crippen LogP contribution in [0, 0.1) is 0 Å². The molecule has 1 fully saturated rings. The third-order valence-corrected chi connectivity index (χ3v) is 3.36. The highest BCUT2D eigenvalue weighted by atomic mass is 15.2. The minimum Gasteiger partial charge on any atom is -0.353 e. The van der Waals surface area contributed by atoms with Gasteiger partial charge in [-0.2, -0.15) is 0 Å². The summed E-state index contributed by atoms with van der Waals surface area (Å²) >= 11 is 0. The first-order chi connectivity index (χ1) is 8.42. The van der Waals surface area contributed by atoms with Gasteiger partial charge in [-0.3, -0.25) is 0 Å². The number of aromatic nitrogens is 1. The molecule has 90 valence electrons. The molecule has 0 saturated heterocycles. The maximum absolute atomic E-state index is 4.55. The Morgan fingerprint density at radius 3 is 2.88 bits per heavy atom. The van der Waals surface area contributed by atoms with Gasteiger partial charge in [-0.1, -0.05) is 18.2 Å². The molecule has 0 unspecified atom stereocenters. The Bertz CT molecular complexity index is 392. The molecule has 1 aromatic heterocycles. The van der Waals surface area contributed by atoms with E-state index in [9.17, 15) is 0 Å². The molecule has 0 amide bonds. The van der Waals surface area contributed by atoms with Crippen molar-refractivity contribution in [3.8, 4) is 0 Å². The predicted molar refractivity (Wildman–Crippen MR) is 70.1 cm³/mol. The summed E-state index contributed by atoms with van der Waals surface area (Å²) < 4.78 is 0. The van der Waals surface area contributed by atoms with Gasteiger partial charge in [-0.25, -0.2) is 4.98 Å². The summed E-state index contributed by atoms with van der Waals surface area (Å²) in [6.07, 6.45) is 10.3. The summed E-state index contributed by atoms with van der Waals surface area (Å²) in [6, 6.07) is 5.10. The molecule has 3 nitrogen and oxygen atoms in total. The molecule has 1 aromatic rings. The van der Waals surface area contributed by atoms with Crippen molar-refractivity contribution in [2.75, 3.05) is 18.0 Å². The summed E-state index contributed by atoms with van der Waals surface area (Å²) in [5.74, 6) is 1.10. The second-order valence-electron chi connectivity index (χ2n) is 4.89. The van der Waals surface area contributed by atoms with E-state index in [0.717, 1.165) is 37.9 Å². The van der Waals surface area contributed by atoms with E-state index in [0.29, 0.717) is 0 Å². The van der Waals surface area contributed by atoms with E-state index >= 15 is 0 Å². The highest BCUT2D eigenvalue weighted by Gasteiger charge is 2.19. The van der Waals surface area contributed by atoms with E-state index in [1.807, 2.05) is 6.20 Å². The number of hydrogen-bond acceptors (Lipinski definition) is 3. The highest BCUT2D eigenvalue weighted by molar-refractivity contribution is 5.41. The first-order valence-electron chi connectivity index (χ1n) is 6.50. The van der Waals surface area contributed by atoms with Crippen LogP contribution in [0.3, 0.4) is 0 Å². The molecule has 3 rings (SSSR count). The third kappa shape index (κ3) is 2.86.